The molecular formula is C85H78N16O11. The predicted molar refractivity (Wildman–Crippen MR) is 435 cm³/mol. The molecule has 0 saturated heterocycles. The van der Waals surface area contributed by atoms with Gasteiger partial charge in [0.25, 0.3) is 11.1 Å². The van der Waals surface area contributed by atoms with Gasteiger partial charge in [-0.1, -0.05) is 67.6 Å². The molecule has 27 heteroatoms. The summed E-state index contributed by atoms with van der Waals surface area (Å²) in [7, 11) is 5.32. The molecule has 0 unspecified atom stereocenters. The zero-order chi connectivity index (χ0) is 77.5. The smallest absolute Gasteiger partial charge is 0.280 e. The minimum atomic E-state index is -0.129. The third kappa shape index (κ3) is 15.9. The van der Waals surface area contributed by atoms with E-state index in [1.807, 2.05) is 213 Å². The van der Waals surface area contributed by atoms with Gasteiger partial charge in [0, 0.05) is 83.3 Å². The van der Waals surface area contributed by atoms with Crippen molar-refractivity contribution in [1.29, 1.82) is 0 Å². The van der Waals surface area contributed by atoms with Crippen LogP contribution in [-0.4, -0.2) is 96.8 Å². The number of aryl methyl sites for hydroxylation is 7. The molecule has 564 valence electrons. The van der Waals surface area contributed by atoms with E-state index in [0.29, 0.717) is 51.4 Å². The second-order valence-corrected chi connectivity index (χ2v) is 26.5. The summed E-state index contributed by atoms with van der Waals surface area (Å²) < 4.78 is 55.4. The van der Waals surface area contributed by atoms with E-state index in [1.165, 1.54) is 5.56 Å². The highest BCUT2D eigenvalue weighted by Gasteiger charge is 2.22. The Morgan fingerprint density at radius 1 is 0.438 bits per heavy atom. The van der Waals surface area contributed by atoms with Gasteiger partial charge in [0.2, 0.25) is 27.2 Å². The molecule has 0 aliphatic carbocycles. The minimum absolute atomic E-state index is 0.109. The van der Waals surface area contributed by atoms with Gasteiger partial charge >= 0.3 is 0 Å². The SMILES string of the molecule is C/C(=N\Nc1cc(C)nc2cc3c(cc12)OCO3)c1cn(C)n(-c2ccccc2)c1=O.CCc1ccc2c(C)cc(N/N=C(\C)c3cn(C)n(-c4ccccc4)c3=O)nc2c1.COc1cccc(/C=N/Nc2cc(C)nc3cc4c(cc23)OCO4)c1.Cc1cc(N/N=C/c2ccc3c(c2)OCO3)c2cc3c(cc2n1)OCO3. The molecule has 0 amide bonds. The van der Waals surface area contributed by atoms with Crippen molar-refractivity contribution < 1.29 is 42.6 Å². The van der Waals surface area contributed by atoms with Gasteiger partial charge in [-0.15, -0.1) is 0 Å². The Labute approximate surface area is 642 Å². The Kier molecular flexibility index (Phi) is 21.0. The average Bonchev–Trinajstić information content (AvgIpc) is 1.53. The molecule has 0 fully saturated rings. The molecule has 0 bridgehead atoms. The quantitative estimate of drug-likeness (QED) is 0.0516. The number of nitrogens with zero attached hydrogens (tertiary/aromatic N) is 12. The Hall–Kier alpha value is -14.5. The van der Waals surface area contributed by atoms with Crippen LogP contribution in [0.2, 0.25) is 0 Å². The maximum Gasteiger partial charge on any atom is 0.280 e. The zero-order valence-corrected chi connectivity index (χ0v) is 63.0. The van der Waals surface area contributed by atoms with E-state index < -0.39 is 0 Å². The van der Waals surface area contributed by atoms with Gasteiger partial charge in [-0.2, -0.15) is 20.4 Å². The molecule has 8 aromatic carbocycles. The molecule has 4 aliphatic heterocycles. The summed E-state index contributed by atoms with van der Waals surface area (Å²) in [5, 5.41) is 21.5. The lowest BCUT2D eigenvalue weighted by Crippen LogP contribution is -2.22. The fourth-order valence-electron chi connectivity index (χ4n) is 13.1. The van der Waals surface area contributed by atoms with Gasteiger partial charge in [-0.25, -0.2) is 14.3 Å². The first-order valence-electron chi connectivity index (χ1n) is 35.9. The van der Waals surface area contributed by atoms with Crippen molar-refractivity contribution in [2.75, 3.05) is 56.0 Å². The third-order valence-corrected chi connectivity index (χ3v) is 18.6. The van der Waals surface area contributed by atoms with Crippen molar-refractivity contribution in [1.82, 2.24) is 38.7 Å². The van der Waals surface area contributed by atoms with Crippen LogP contribution in [0.15, 0.2) is 224 Å². The van der Waals surface area contributed by atoms with E-state index >= 15 is 0 Å². The average molecular weight is 1500 g/mol. The molecule has 18 rings (SSSR count). The van der Waals surface area contributed by atoms with Gasteiger partial charge in [0.15, 0.2) is 46.0 Å². The summed E-state index contributed by atoms with van der Waals surface area (Å²) in [6, 6.07) is 58.0. The van der Waals surface area contributed by atoms with Gasteiger partial charge in [-0.3, -0.25) is 55.6 Å². The number of nitrogens with one attached hydrogen (secondary N) is 4. The lowest BCUT2D eigenvalue weighted by Gasteiger charge is -2.09. The first kappa shape index (κ1) is 73.0. The highest BCUT2D eigenvalue weighted by atomic mass is 16.7. The standard InChI is InChI=1S/C24H25N5O.C23H21N5O3.C19H15N3O4.C19H17N3O3/c1-5-18-11-12-20-16(2)13-23(25-22(20)14-18)27-26-17(3)21-15-28(4)29(24(21)30)19-9-7-6-8-10-19;1-14-9-20(17-10-21-22(31-13-30-21)11-19(17)24-14)26-25-15(2)18-12-27(3)28(23(18)29)16-7-5-4-6-8-16;1-11-4-15(13-6-18-19(26-10-25-18)7-14(13)21-11)22-20-8-12-2-3-16-17(5-12)24-9-23-16;1-12-6-17(22-20-10-13-4-3-5-14(7-13)23-2)15-8-18-19(25-11-24-18)9-16(15)21-12/h6-15H,5H2,1-4H3,(H,25,27);4-12H,13H2,1-3H3,(H,24,26);2-8H,9-10H2,1H3,(H,21,22);3-10H,11H2,1-2H3,(H,21,22)/b26-17+;25-15+;20-8+;20-10+. The van der Waals surface area contributed by atoms with Crippen LogP contribution in [0.3, 0.4) is 0 Å². The maximum atomic E-state index is 13.0. The van der Waals surface area contributed by atoms with Crippen LogP contribution in [-0.2, 0) is 20.5 Å². The summed E-state index contributed by atoms with van der Waals surface area (Å²) in [5.74, 6) is 7.16. The lowest BCUT2D eigenvalue weighted by molar-refractivity contribution is 0.173. The number of pyridine rings is 4. The second kappa shape index (κ2) is 32.1. The number of para-hydroxylation sites is 2. The number of aromatic nitrogens is 8. The van der Waals surface area contributed by atoms with Crippen LogP contribution in [0, 0.1) is 27.7 Å². The molecular weight excluding hydrogens is 1420 g/mol. The number of ether oxygens (including phenoxy) is 9. The highest BCUT2D eigenvalue weighted by Crippen LogP contribution is 2.41. The molecule has 14 aromatic rings. The number of hydrazone groups is 4. The first-order valence-corrected chi connectivity index (χ1v) is 35.9. The van der Waals surface area contributed by atoms with Crippen molar-refractivity contribution in [2.24, 2.45) is 34.5 Å². The van der Waals surface area contributed by atoms with E-state index in [4.69, 9.17) is 47.6 Å². The van der Waals surface area contributed by atoms with Crippen LogP contribution in [0.1, 0.15) is 71.2 Å². The van der Waals surface area contributed by atoms with Crippen LogP contribution in [0.25, 0.3) is 55.0 Å². The number of anilines is 4. The molecule has 4 N–H and O–H groups in total. The number of benzene rings is 8. The Balaban J connectivity index is 0.000000119. The monoisotopic (exact) mass is 1500 g/mol. The Morgan fingerprint density at radius 3 is 1.34 bits per heavy atom. The van der Waals surface area contributed by atoms with Gasteiger partial charge < -0.3 is 42.6 Å². The fourth-order valence-corrected chi connectivity index (χ4v) is 13.1. The summed E-state index contributed by atoms with van der Waals surface area (Å²) in [5.41, 5.74) is 28.7. The van der Waals surface area contributed by atoms with Gasteiger partial charge in [0.1, 0.15) is 11.6 Å². The van der Waals surface area contributed by atoms with Crippen molar-refractivity contribution in [2.45, 2.75) is 54.9 Å². The van der Waals surface area contributed by atoms with Crippen LogP contribution in [0.4, 0.5) is 22.9 Å². The topological polar surface area (TPSA) is 286 Å². The fraction of sp³-hybridized carbons (Fsp3) is 0.176. The van der Waals surface area contributed by atoms with Gasteiger partial charge in [0.05, 0.1) is 92.6 Å². The van der Waals surface area contributed by atoms with Crippen LogP contribution < -0.4 is 75.5 Å². The minimum Gasteiger partial charge on any atom is -0.497 e. The molecule has 0 spiro atoms. The molecule has 112 heavy (non-hydrogen) atoms. The normalized spacial score (nSPS) is 12.9. The molecule has 6 aromatic heterocycles. The van der Waals surface area contributed by atoms with Crippen LogP contribution >= 0.6 is 0 Å². The number of fused-ring (bicyclic) bond motifs is 8. The Morgan fingerprint density at radius 2 is 0.866 bits per heavy atom. The molecule has 10 heterocycles. The number of hydrogen-bond acceptors (Lipinski definition) is 23. The lowest BCUT2D eigenvalue weighted by atomic mass is 10.1. The van der Waals surface area contributed by atoms with E-state index in [0.717, 1.165) is 141 Å². The molecule has 27 nitrogen and oxygen atoms in total. The molecule has 0 atom stereocenters. The highest BCUT2D eigenvalue weighted by molar-refractivity contribution is 6.01. The Bertz CT molecular complexity index is 6190. The predicted octanol–water partition coefficient (Wildman–Crippen LogP) is 15.2. The summed E-state index contributed by atoms with van der Waals surface area (Å²) in [4.78, 5) is 44.4. The van der Waals surface area contributed by atoms with E-state index in [1.54, 1.807) is 50.7 Å². The summed E-state index contributed by atoms with van der Waals surface area (Å²) in [6.45, 7) is 14.6. The van der Waals surface area contributed by atoms with Crippen molar-refractivity contribution in [3.8, 4) is 63.1 Å². The van der Waals surface area contributed by atoms with Crippen molar-refractivity contribution in [3.05, 3.63) is 266 Å². The van der Waals surface area contributed by atoms with Crippen LogP contribution in [0.5, 0.6) is 51.7 Å². The van der Waals surface area contributed by atoms with Crippen molar-refractivity contribution in [3.63, 3.8) is 0 Å². The second-order valence-electron chi connectivity index (χ2n) is 26.5. The first-order chi connectivity index (χ1) is 54.5. The molecule has 4 aliphatic rings. The summed E-state index contributed by atoms with van der Waals surface area (Å²) in [6.07, 6.45) is 8.02. The number of methoxy groups -OCH3 is 1. The van der Waals surface area contributed by atoms with E-state index in [2.05, 4.69) is 89.1 Å². The molecule has 0 radical (unpaired) electrons. The maximum absolute atomic E-state index is 13.0. The van der Waals surface area contributed by atoms with E-state index in [9.17, 15) is 9.59 Å². The number of rotatable bonds is 16. The number of hydrogen-bond donors (Lipinski definition) is 4. The third-order valence-electron chi connectivity index (χ3n) is 18.6. The van der Waals surface area contributed by atoms with E-state index in [-0.39, 0.29) is 38.3 Å². The van der Waals surface area contributed by atoms with Gasteiger partial charge in [-0.05, 0) is 173 Å². The zero-order valence-electron chi connectivity index (χ0n) is 63.0. The largest absolute Gasteiger partial charge is 0.497 e. The summed E-state index contributed by atoms with van der Waals surface area (Å²) >= 11 is 0. The van der Waals surface area contributed by atoms with Crippen molar-refractivity contribution >= 4 is 90.3 Å². The molecule has 0 saturated carbocycles.